The smallest absolute Gasteiger partial charge is 0.122 e. The van der Waals surface area contributed by atoms with Crippen LogP contribution < -0.4 is 0 Å². The van der Waals surface area contributed by atoms with Gasteiger partial charge in [0, 0.05) is 4.47 Å². The van der Waals surface area contributed by atoms with E-state index in [0.717, 1.165) is 13.1 Å². The molecule has 16 heavy (non-hydrogen) atoms. The Balaban J connectivity index is 2.26. The lowest BCUT2D eigenvalue weighted by molar-refractivity contribution is -0.0219. The Labute approximate surface area is 113 Å². The number of hydrogen-bond acceptors (Lipinski definition) is 5. The minimum absolute atomic E-state index is 0.307. The van der Waals surface area contributed by atoms with Crippen molar-refractivity contribution in [3.8, 4) is 0 Å². The summed E-state index contributed by atoms with van der Waals surface area (Å²) >= 11 is 8.12. The molecule has 1 aromatic heterocycles. The topological polar surface area (TPSA) is 69.9 Å². The number of thiophene rings is 1. The van der Waals surface area contributed by atoms with Crippen LogP contribution in [0.4, 0.5) is 0 Å². The zero-order valence-corrected chi connectivity index (χ0v) is 12.0. The van der Waals surface area contributed by atoms with E-state index in [1.54, 1.807) is 0 Å². The highest BCUT2D eigenvalue weighted by Crippen LogP contribution is 2.42. The largest absolute Gasteiger partial charge is 0.394 e. The molecule has 1 aromatic rings. The van der Waals surface area contributed by atoms with E-state index < -0.39 is 24.4 Å². The molecule has 7 heteroatoms. The molecule has 0 aliphatic carbocycles. The second kappa shape index (κ2) is 5.01. The van der Waals surface area contributed by atoms with Crippen molar-refractivity contribution in [1.29, 1.82) is 0 Å². The van der Waals surface area contributed by atoms with Gasteiger partial charge in [0.2, 0.25) is 0 Å². The van der Waals surface area contributed by atoms with Gasteiger partial charge in [-0.15, -0.1) is 11.3 Å². The molecule has 0 spiro atoms. The summed E-state index contributed by atoms with van der Waals surface area (Å²) in [5.74, 6) is 0. The molecule has 2 rings (SSSR count). The molecule has 90 valence electrons. The fourth-order valence-corrected chi connectivity index (χ4v) is 4.43. The molecular weight excluding hydrogens is 364 g/mol. The second-order valence-corrected chi connectivity index (χ2v) is 6.84. The van der Waals surface area contributed by atoms with Crippen LogP contribution >= 0.6 is 43.2 Å². The van der Waals surface area contributed by atoms with Crippen LogP contribution in [0.3, 0.4) is 0 Å². The molecule has 1 aliphatic rings. The monoisotopic (exact) mass is 372 g/mol. The highest BCUT2D eigenvalue weighted by atomic mass is 79.9. The van der Waals surface area contributed by atoms with Crippen LogP contribution in [0.1, 0.15) is 11.0 Å². The first-order valence-corrected chi connectivity index (χ1v) is 7.02. The van der Waals surface area contributed by atoms with Crippen molar-refractivity contribution >= 4 is 43.2 Å². The van der Waals surface area contributed by atoms with Gasteiger partial charge in [-0.05, 0) is 37.9 Å². The van der Waals surface area contributed by atoms with Gasteiger partial charge in [0.25, 0.3) is 0 Å². The molecule has 0 unspecified atom stereocenters. The van der Waals surface area contributed by atoms with E-state index >= 15 is 0 Å². The highest BCUT2D eigenvalue weighted by molar-refractivity contribution is 9.11. The molecule has 1 aliphatic heterocycles. The normalized spacial score (nSPS) is 34.6. The average molecular weight is 374 g/mol. The van der Waals surface area contributed by atoms with Crippen LogP contribution in [0.5, 0.6) is 0 Å². The molecule has 1 fully saturated rings. The molecule has 4 atom stereocenters. The van der Waals surface area contributed by atoms with E-state index in [0.29, 0.717) is 0 Å². The Morgan fingerprint density at radius 1 is 1.31 bits per heavy atom. The van der Waals surface area contributed by atoms with Crippen LogP contribution in [0.25, 0.3) is 0 Å². The molecule has 0 radical (unpaired) electrons. The lowest BCUT2D eigenvalue weighted by Crippen LogP contribution is -2.32. The summed E-state index contributed by atoms with van der Waals surface area (Å²) in [6, 6.07) is 1.86. The maximum atomic E-state index is 9.83. The molecule has 1 saturated heterocycles. The lowest BCUT2D eigenvalue weighted by Gasteiger charge is -2.13. The summed E-state index contributed by atoms with van der Waals surface area (Å²) in [5.41, 5.74) is 0. The quantitative estimate of drug-likeness (QED) is 0.733. The average Bonchev–Trinajstić information content (AvgIpc) is 2.70. The minimum Gasteiger partial charge on any atom is -0.394 e. The van der Waals surface area contributed by atoms with Crippen LogP contribution in [0.2, 0.25) is 0 Å². The van der Waals surface area contributed by atoms with Crippen LogP contribution in [-0.4, -0.2) is 40.2 Å². The van der Waals surface area contributed by atoms with Crippen molar-refractivity contribution in [3.63, 3.8) is 0 Å². The molecular formula is C9H10Br2O4S. The van der Waals surface area contributed by atoms with E-state index in [-0.39, 0.29) is 6.61 Å². The van der Waals surface area contributed by atoms with Gasteiger partial charge in [-0.25, -0.2) is 0 Å². The van der Waals surface area contributed by atoms with E-state index in [4.69, 9.17) is 9.84 Å². The number of aliphatic hydroxyl groups is 3. The molecule has 4 nitrogen and oxygen atoms in total. The van der Waals surface area contributed by atoms with Crippen molar-refractivity contribution in [1.82, 2.24) is 0 Å². The molecule has 3 N–H and O–H groups in total. The maximum Gasteiger partial charge on any atom is 0.122 e. The van der Waals surface area contributed by atoms with Crippen molar-refractivity contribution in [2.24, 2.45) is 0 Å². The predicted octanol–water partition coefficient (Wildman–Crippen LogP) is 1.43. The number of ether oxygens (including phenoxy) is 1. The van der Waals surface area contributed by atoms with Gasteiger partial charge < -0.3 is 20.1 Å². The van der Waals surface area contributed by atoms with Gasteiger partial charge in [0.1, 0.15) is 24.4 Å². The fraction of sp³-hybridized carbons (Fsp3) is 0.556. The highest BCUT2D eigenvalue weighted by Gasteiger charge is 2.44. The van der Waals surface area contributed by atoms with Crippen LogP contribution in [0.15, 0.2) is 14.3 Å². The molecule has 2 heterocycles. The summed E-state index contributed by atoms with van der Waals surface area (Å²) in [6.45, 7) is -0.307. The van der Waals surface area contributed by atoms with Crippen molar-refractivity contribution < 1.29 is 20.1 Å². The summed E-state index contributed by atoms with van der Waals surface area (Å²) in [4.78, 5) is 0.800. The Hall–Kier alpha value is 0.500. The second-order valence-electron chi connectivity index (χ2n) is 3.52. The summed E-state index contributed by atoms with van der Waals surface area (Å²) in [7, 11) is 0. The molecule has 0 saturated carbocycles. The summed E-state index contributed by atoms with van der Waals surface area (Å²) in [6.07, 6.45) is -3.40. The van der Waals surface area contributed by atoms with Crippen LogP contribution in [0, 0.1) is 0 Å². The first-order chi connectivity index (χ1) is 7.54. The maximum absolute atomic E-state index is 9.83. The van der Waals surface area contributed by atoms with Gasteiger partial charge >= 0.3 is 0 Å². The number of aliphatic hydroxyl groups excluding tert-OH is 3. The number of halogens is 2. The third kappa shape index (κ3) is 2.22. The minimum atomic E-state index is -1.05. The van der Waals surface area contributed by atoms with Gasteiger partial charge in [-0.3, -0.25) is 0 Å². The lowest BCUT2D eigenvalue weighted by atomic mass is 10.1. The first-order valence-electron chi connectivity index (χ1n) is 4.61. The van der Waals surface area contributed by atoms with Gasteiger partial charge in [-0.1, -0.05) is 0 Å². The van der Waals surface area contributed by atoms with Crippen molar-refractivity contribution in [2.75, 3.05) is 6.61 Å². The van der Waals surface area contributed by atoms with Gasteiger partial charge in [-0.2, -0.15) is 0 Å². The Kier molecular flexibility index (Phi) is 4.05. The van der Waals surface area contributed by atoms with Crippen LogP contribution in [-0.2, 0) is 4.74 Å². The van der Waals surface area contributed by atoms with Gasteiger partial charge in [0.15, 0.2) is 0 Å². The molecule has 0 amide bonds. The van der Waals surface area contributed by atoms with Crippen molar-refractivity contribution in [3.05, 3.63) is 19.2 Å². The third-order valence-corrected chi connectivity index (χ3v) is 5.10. The Morgan fingerprint density at radius 3 is 2.44 bits per heavy atom. The Morgan fingerprint density at radius 2 is 2.00 bits per heavy atom. The first kappa shape index (κ1) is 12.9. The number of rotatable bonds is 2. The SMILES string of the molecule is OC[C@H]1O[C@@H](c2sc(Br)cc2Br)[C@H](O)[C@@H]1O. The standard InChI is InChI=1S/C9H10Br2O4S/c10-3-1-5(11)16-9(3)8-7(14)6(13)4(2-12)15-8/h1,4,6-8,12-14H,2H2/t4-,6-,7-,8-/m1/s1. The zero-order chi connectivity index (χ0) is 11.9. The van der Waals surface area contributed by atoms with Gasteiger partial charge in [0.05, 0.1) is 15.3 Å². The summed E-state index contributed by atoms with van der Waals surface area (Å²) in [5, 5.41) is 28.4. The third-order valence-electron chi connectivity index (χ3n) is 2.48. The van der Waals surface area contributed by atoms with E-state index in [2.05, 4.69) is 31.9 Å². The Bertz CT molecular complexity index is 384. The van der Waals surface area contributed by atoms with Crippen molar-refractivity contribution in [2.45, 2.75) is 24.4 Å². The molecule has 0 bridgehead atoms. The fourth-order valence-electron chi connectivity index (χ4n) is 1.66. The zero-order valence-electron chi connectivity index (χ0n) is 8.01. The summed E-state index contributed by atoms with van der Waals surface area (Å²) < 4.78 is 7.15. The number of hydrogen-bond donors (Lipinski definition) is 3. The van der Waals surface area contributed by atoms with E-state index in [9.17, 15) is 10.2 Å². The molecule has 0 aromatic carbocycles. The predicted molar refractivity (Wildman–Crippen MR) is 66.4 cm³/mol. The van der Waals surface area contributed by atoms with E-state index in [1.165, 1.54) is 11.3 Å². The van der Waals surface area contributed by atoms with E-state index in [1.807, 2.05) is 6.07 Å².